The SMILES string of the molecule is [O-][NH+](Cc1ccccc1)Cc1ccccc1. The summed E-state index contributed by atoms with van der Waals surface area (Å²) >= 11 is 0. The molecule has 0 radical (unpaired) electrons. The van der Waals surface area contributed by atoms with Gasteiger partial charge in [-0.25, -0.2) is 0 Å². The van der Waals surface area contributed by atoms with Gasteiger partial charge in [0, 0.05) is 11.1 Å². The van der Waals surface area contributed by atoms with Crippen LogP contribution >= 0.6 is 0 Å². The second kappa shape index (κ2) is 5.45. The van der Waals surface area contributed by atoms with Crippen molar-refractivity contribution in [3.8, 4) is 0 Å². The Morgan fingerprint density at radius 1 is 0.688 bits per heavy atom. The summed E-state index contributed by atoms with van der Waals surface area (Å²) in [7, 11) is 0. The molecule has 1 N–H and O–H groups in total. The molecule has 2 aromatic carbocycles. The monoisotopic (exact) mass is 213 g/mol. The second-order valence-electron chi connectivity index (χ2n) is 3.86. The molecular formula is C14H15NO. The Bertz CT molecular complexity index is 372. The van der Waals surface area contributed by atoms with Gasteiger partial charge in [0.1, 0.15) is 13.1 Å². The molecule has 0 atom stereocenters. The van der Waals surface area contributed by atoms with Crippen LogP contribution in [0.25, 0.3) is 0 Å². The Morgan fingerprint density at radius 3 is 1.44 bits per heavy atom. The summed E-state index contributed by atoms with van der Waals surface area (Å²) in [4.78, 5) is 0. The number of nitrogens with one attached hydrogen (secondary N) is 1. The minimum Gasteiger partial charge on any atom is -0.634 e. The Balaban J connectivity index is 1.92. The van der Waals surface area contributed by atoms with Crippen molar-refractivity contribution in [2.24, 2.45) is 0 Å². The van der Waals surface area contributed by atoms with Crippen LogP contribution in [0.3, 0.4) is 0 Å². The van der Waals surface area contributed by atoms with E-state index >= 15 is 0 Å². The van der Waals surface area contributed by atoms with Gasteiger partial charge in [-0.05, 0) is 0 Å². The largest absolute Gasteiger partial charge is 0.634 e. The molecule has 0 aliphatic carbocycles. The van der Waals surface area contributed by atoms with Crippen LogP contribution in [0.5, 0.6) is 0 Å². The van der Waals surface area contributed by atoms with Crippen molar-refractivity contribution in [2.45, 2.75) is 13.1 Å². The van der Waals surface area contributed by atoms with Gasteiger partial charge in [-0.2, -0.15) is 0 Å². The maximum absolute atomic E-state index is 11.8. The summed E-state index contributed by atoms with van der Waals surface area (Å²) < 4.78 is 0. The molecular weight excluding hydrogens is 198 g/mol. The van der Waals surface area contributed by atoms with Crippen molar-refractivity contribution >= 4 is 0 Å². The molecule has 0 spiro atoms. The molecule has 2 aromatic rings. The lowest BCUT2D eigenvalue weighted by atomic mass is 10.2. The summed E-state index contributed by atoms with van der Waals surface area (Å²) in [5.41, 5.74) is 2.17. The van der Waals surface area contributed by atoms with Crippen molar-refractivity contribution in [3.63, 3.8) is 0 Å². The van der Waals surface area contributed by atoms with Crippen molar-refractivity contribution in [2.75, 3.05) is 0 Å². The van der Waals surface area contributed by atoms with Gasteiger partial charge in [0.25, 0.3) is 0 Å². The van der Waals surface area contributed by atoms with Crippen LogP contribution < -0.4 is 5.06 Å². The first-order chi connectivity index (χ1) is 7.84. The van der Waals surface area contributed by atoms with E-state index in [2.05, 4.69) is 0 Å². The summed E-state index contributed by atoms with van der Waals surface area (Å²) in [6, 6.07) is 19.7. The van der Waals surface area contributed by atoms with Crippen LogP contribution in [0, 0.1) is 5.21 Å². The van der Waals surface area contributed by atoms with E-state index in [1.165, 1.54) is 0 Å². The van der Waals surface area contributed by atoms with Crippen LogP contribution in [0.1, 0.15) is 11.1 Å². The third-order valence-corrected chi connectivity index (χ3v) is 2.49. The first kappa shape index (κ1) is 10.9. The molecule has 82 valence electrons. The standard InChI is InChI=1S/C14H15NO/c16-15(11-13-7-3-1-4-8-13)12-14-9-5-2-6-10-14/h1-10,15H,11-12H2. The van der Waals surface area contributed by atoms with Gasteiger partial charge < -0.3 is 10.3 Å². The van der Waals surface area contributed by atoms with Crippen LogP contribution in [0.2, 0.25) is 0 Å². The molecule has 0 saturated carbocycles. The van der Waals surface area contributed by atoms with E-state index in [-0.39, 0.29) is 5.06 Å². The van der Waals surface area contributed by atoms with Crippen LogP contribution in [0.15, 0.2) is 60.7 Å². The highest BCUT2D eigenvalue weighted by Gasteiger charge is 2.00. The number of hydroxylamine groups is 2. The topological polar surface area (TPSA) is 27.5 Å². The maximum Gasteiger partial charge on any atom is 0.103 e. The van der Waals surface area contributed by atoms with E-state index in [0.717, 1.165) is 11.1 Å². The summed E-state index contributed by atoms with van der Waals surface area (Å²) in [6.45, 7) is 1.05. The molecule has 0 unspecified atom stereocenters. The molecule has 0 bridgehead atoms. The highest BCUT2D eigenvalue weighted by molar-refractivity contribution is 5.14. The molecule has 0 saturated heterocycles. The molecule has 2 rings (SSSR count). The Morgan fingerprint density at radius 2 is 1.06 bits per heavy atom. The molecule has 0 aromatic heterocycles. The normalized spacial score (nSPS) is 10.6. The molecule has 0 aliphatic rings. The van der Waals surface area contributed by atoms with Gasteiger partial charge in [0.15, 0.2) is 0 Å². The Kier molecular flexibility index (Phi) is 3.70. The Hall–Kier alpha value is -1.64. The first-order valence-electron chi connectivity index (χ1n) is 5.44. The minimum atomic E-state index is 0.261. The summed E-state index contributed by atoms with van der Waals surface area (Å²) in [5, 5.41) is 12.0. The fraction of sp³-hybridized carbons (Fsp3) is 0.143. The number of quaternary nitrogens is 1. The highest BCUT2D eigenvalue weighted by atomic mass is 16.5. The third kappa shape index (κ3) is 3.19. The van der Waals surface area contributed by atoms with E-state index in [4.69, 9.17) is 0 Å². The average Bonchev–Trinajstić information content (AvgIpc) is 2.31. The lowest BCUT2D eigenvalue weighted by Crippen LogP contribution is -3.04. The number of hydrogen-bond donors (Lipinski definition) is 1. The molecule has 16 heavy (non-hydrogen) atoms. The van der Waals surface area contributed by atoms with Crippen molar-refractivity contribution < 1.29 is 5.06 Å². The van der Waals surface area contributed by atoms with E-state index in [1.807, 2.05) is 60.7 Å². The highest BCUT2D eigenvalue weighted by Crippen LogP contribution is 1.98. The molecule has 0 heterocycles. The first-order valence-corrected chi connectivity index (χ1v) is 5.44. The zero-order valence-corrected chi connectivity index (χ0v) is 9.10. The van der Waals surface area contributed by atoms with Crippen LogP contribution in [-0.4, -0.2) is 0 Å². The summed E-state index contributed by atoms with van der Waals surface area (Å²) in [5.74, 6) is 0. The third-order valence-electron chi connectivity index (χ3n) is 2.49. The fourth-order valence-electron chi connectivity index (χ4n) is 1.71. The maximum atomic E-state index is 11.8. The molecule has 2 heteroatoms. The van der Waals surface area contributed by atoms with Crippen molar-refractivity contribution in [3.05, 3.63) is 77.0 Å². The fourth-order valence-corrected chi connectivity index (χ4v) is 1.71. The van der Waals surface area contributed by atoms with E-state index in [0.29, 0.717) is 13.1 Å². The van der Waals surface area contributed by atoms with Crippen molar-refractivity contribution in [1.29, 1.82) is 0 Å². The number of hydrogen-bond acceptors (Lipinski definition) is 1. The van der Waals surface area contributed by atoms with Gasteiger partial charge >= 0.3 is 0 Å². The zero-order chi connectivity index (χ0) is 11.2. The van der Waals surface area contributed by atoms with Crippen molar-refractivity contribution in [1.82, 2.24) is 0 Å². The number of benzene rings is 2. The van der Waals surface area contributed by atoms with E-state index in [9.17, 15) is 5.21 Å². The molecule has 0 amide bonds. The zero-order valence-electron chi connectivity index (χ0n) is 9.10. The minimum absolute atomic E-state index is 0.261. The molecule has 0 aliphatic heterocycles. The predicted molar refractivity (Wildman–Crippen MR) is 64.6 cm³/mol. The molecule has 0 fully saturated rings. The molecule has 2 nitrogen and oxygen atoms in total. The smallest absolute Gasteiger partial charge is 0.103 e. The Labute approximate surface area is 95.7 Å². The van der Waals surface area contributed by atoms with Gasteiger partial charge in [0.2, 0.25) is 0 Å². The average molecular weight is 213 g/mol. The van der Waals surface area contributed by atoms with Crippen LogP contribution in [-0.2, 0) is 13.1 Å². The second-order valence-corrected chi connectivity index (χ2v) is 3.86. The van der Waals surface area contributed by atoms with Gasteiger partial charge in [-0.15, -0.1) is 0 Å². The quantitative estimate of drug-likeness (QED) is 0.770. The van der Waals surface area contributed by atoms with E-state index < -0.39 is 0 Å². The van der Waals surface area contributed by atoms with Gasteiger partial charge in [-0.3, -0.25) is 0 Å². The van der Waals surface area contributed by atoms with Gasteiger partial charge in [0.05, 0.1) is 0 Å². The van der Waals surface area contributed by atoms with Gasteiger partial charge in [-0.1, -0.05) is 60.7 Å². The predicted octanol–water partition coefficient (Wildman–Crippen LogP) is 1.77. The van der Waals surface area contributed by atoms with E-state index in [1.54, 1.807) is 0 Å². The number of rotatable bonds is 4. The lowest BCUT2D eigenvalue weighted by molar-refractivity contribution is -0.876. The summed E-state index contributed by atoms with van der Waals surface area (Å²) in [6.07, 6.45) is 0. The lowest BCUT2D eigenvalue weighted by Gasteiger charge is -2.22. The van der Waals surface area contributed by atoms with Crippen LogP contribution in [0.4, 0.5) is 0 Å².